The zero-order valence-corrected chi connectivity index (χ0v) is 19.0. The molecule has 180 valence electrons. The molecule has 36 heavy (non-hydrogen) atoms. The predicted octanol–water partition coefficient (Wildman–Crippen LogP) is 0.562. The van der Waals surface area contributed by atoms with Crippen LogP contribution >= 0.6 is 0 Å². The van der Waals surface area contributed by atoms with E-state index in [2.05, 4.69) is 30.9 Å². The van der Waals surface area contributed by atoms with Gasteiger partial charge in [0.05, 0.1) is 30.1 Å². The first kappa shape index (κ1) is 21.6. The maximum atomic E-state index is 12.9. The molecule has 2 N–H and O–H groups in total. The number of aryl methyl sites for hydroxylation is 1. The Kier molecular flexibility index (Phi) is 4.84. The van der Waals surface area contributed by atoms with Gasteiger partial charge in [-0.15, -0.1) is 5.10 Å². The van der Waals surface area contributed by atoms with E-state index in [0.29, 0.717) is 34.5 Å². The number of carbonyl (C=O) groups is 4. The number of nitrogens with one attached hydrogen (secondary N) is 2. The molecule has 0 spiro atoms. The van der Waals surface area contributed by atoms with Crippen LogP contribution in [0.2, 0.25) is 0 Å². The SMILES string of the molecule is Cn1cnc2cc(NC(=O)c3cn(-c4ccc5c(c4)CN(C4CCC(=O)NC4=O)C5=O)nn3)cnc21. The number of fused-ring (bicyclic) bond motifs is 2. The van der Waals surface area contributed by atoms with E-state index in [9.17, 15) is 19.2 Å². The molecule has 2 aliphatic heterocycles. The van der Waals surface area contributed by atoms with Gasteiger partial charge in [-0.3, -0.25) is 24.5 Å². The number of rotatable bonds is 4. The van der Waals surface area contributed by atoms with Gasteiger partial charge in [-0.25, -0.2) is 14.6 Å². The number of amides is 4. The molecule has 6 rings (SSSR count). The molecule has 1 fully saturated rings. The number of pyridine rings is 1. The predicted molar refractivity (Wildman–Crippen MR) is 124 cm³/mol. The first-order valence-electron chi connectivity index (χ1n) is 11.2. The highest BCUT2D eigenvalue weighted by Crippen LogP contribution is 2.29. The number of aromatic nitrogens is 6. The summed E-state index contributed by atoms with van der Waals surface area (Å²) < 4.78 is 3.22. The van der Waals surface area contributed by atoms with Gasteiger partial charge in [-0.05, 0) is 36.2 Å². The molecule has 13 heteroatoms. The molecular formula is C23H19N9O4. The number of piperidine rings is 1. The lowest BCUT2D eigenvalue weighted by Gasteiger charge is -2.29. The Bertz CT molecular complexity index is 1590. The van der Waals surface area contributed by atoms with Crippen LogP contribution in [0.1, 0.15) is 39.3 Å². The van der Waals surface area contributed by atoms with Crippen LogP contribution < -0.4 is 10.6 Å². The quantitative estimate of drug-likeness (QED) is 0.397. The Labute approximate surface area is 203 Å². The van der Waals surface area contributed by atoms with Crippen LogP contribution in [0.4, 0.5) is 5.69 Å². The molecule has 0 saturated carbocycles. The monoisotopic (exact) mass is 485 g/mol. The van der Waals surface area contributed by atoms with Gasteiger partial charge in [0.25, 0.3) is 11.8 Å². The van der Waals surface area contributed by atoms with E-state index >= 15 is 0 Å². The van der Waals surface area contributed by atoms with Crippen LogP contribution in [-0.4, -0.2) is 64.1 Å². The van der Waals surface area contributed by atoms with Crippen molar-refractivity contribution >= 4 is 40.5 Å². The molecule has 1 atom stereocenters. The summed E-state index contributed by atoms with van der Waals surface area (Å²) >= 11 is 0. The first-order chi connectivity index (χ1) is 17.4. The minimum absolute atomic E-state index is 0.0952. The number of imidazole rings is 1. The lowest BCUT2D eigenvalue weighted by atomic mass is 10.0. The Morgan fingerprint density at radius 3 is 2.86 bits per heavy atom. The lowest BCUT2D eigenvalue weighted by Crippen LogP contribution is -2.52. The fourth-order valence-electron chi connectivity index (χ4n) is 4.48. The van der Waals surface area contributed by atoms with Gasteiger partial charge in [-0.2, -0.15) is 0 Å². The smallest absolute Gasteiger partial charge is 0.277 e. The molecule has 0 radical (unpaired) electrons. The number of imide groups is 1. The van der Waals surface area contributed by atoms with Crippen molar-refractivity contribution in [2.75, 3.05) is 5.32 Å². The van der Waals surface area contributed by atoms with E-state index in [-0.39, 0.29) is 30.5 Å². The van der Waals surface area contributed by atoms with Gasteiger partial charge >= 0.3 is 0 Å². The van der Waals surface area contributed by atoms with E-state index < -0.39 is 17.9 Å². The zero-order chi connectivity index (χ0) is 25.0. The number of anilines is 1. The molecule has 1 aromatic carbocycles. The molecule has 2 aliphatic rings. The van der Waals surface area contributed by atoms with Gasteiger partial charge in [0.1, 0.15) is 11.6 Å². The maximum Gasteiger partial charge on any atom is 0.277 e. The normalized spacial score (nSPS) is 17.4. The van der Waals surface area contributed by atoms with Crippen LogP contribution in [0, 0.1) is 0 Å². The van der Waals surface area contributed by atoms with Crippen molar-refractivity contribution in [1.82, 2.24) is 39.7 Å². The summed E-state index contributed by atoms with van der Waals surface area (Å²) in [5.74, 6) is -1.51. The molecule has 4 amide bonds. The molecule has 0 bridgehead atoms. The highest BCUT2D eigenvalue weighted by molar-refractivity contribution is 6.05. The second kappa shape index (κ2) is 8.08. The van der Waals surface area contributed by atoms with Crippen LogP contribution in [0.3, 0.4) is 0 Å². The highest BCUT2D eigenvalue weighted by Gasteiger charge is 2.39. The molecule has 0 aliphatic carbocycles. The molecule has 1 saturated heterocycles. The molecule has 1 unspecified atom stereocenters. The van der Waals surface area contributed by atoms with E-state index in [0.717, 1.165) is 5.56 Å². The van der Waals surface area contributed by atoms with Crippen LogP contribution in [0.5, 0.6) is 0 Å². The third-order valence-corrected chi connectivity index (χ3v) is 6.31. The van der Waals surface area contributed by atoms with Crippen molar-refractivity contribution in [3.63, 3.8) is 0 Å². The molecule has 4 aromatic rings. The van der Waals surface area contributed by atoms with E-state index in [4.69, 9.17) is 0 Å². The van der Waals surface area contributed by atoms with Crippen LogP contribution in [0.25, 0.3) is 16.9 Å². The summed E-state index contributed by atoms with van der Waals surface area (Å²) in [6.07, 6.45) is 5.15. The molecule has 3 aromatic heterocycles. The fraction of sp³-hybridized carbons (Fsp3) is 0.217. The van der Waals surface area contributed by atoms with Crippen molar-refractivity contribution in [2.45, 2.75) is 25.4 Å². The Balaban J connectivity index is 1.19. The minimum Gasteiger partial charge on any atom is -0.322 e. The number of hydrogen-bond donors (Lipinski definition) is 2. The van der Waals surface area contributed by atoms with Crippen molar-refractivity contribution in [3.05, 3.63) is 59.8 Å². The van der Waals surface area contributed by atoms with Crippen molar-refractivity contribution in [3.8, 4) is 5.69 Å². The number of carbonyl (C=O) groups excluding carboxylic acids is 4. The summed E-state index contributed by atoms with van der Waals surface area (Å²) in [5.41, 5.74) is 3.73. The van der Waals surface area contributed by atoms with Gasteiger partial charge in [0.15, 0.2) is 11.3 Å². The number of hydrogen-bond acceptors (Lipinski definition) is 8. The standard InChI is InChI=1S/C23H19N9O4/c1-30-11-25-16-7-13(8-24-20(16)30)26-21(34)17-10-32(29-28-17)14-2-3-15-12(6-14)9-31(23(15)36)18-4-5-19(33)27-22(18)35/h2-3,6-8,10-11,18H,4-5,9H2,1H3,(H,26,34)(H,27,33,35). The number of benzene rings is 1. The van der Waals surface area contributed by atoms with Crippen molar-refractivity contribution < 1.29 is 19.2 Å². The Morgan fingerprint density at radius 2 is 2.03 bits per heavy atom. The molecule has 5 heterocycles. The molecular weight excluding hydrogens is 466 g/mol. The van der Waals surface area contributed by atoms with Crippen LogP contribution in [0.15, 0.2) is 43.0 Å². The van der Waals surface area contributed by atoms with Gasteiger partial charge in [0, 0.05) is 25.6 Å². The number of nitrogens with zero attached hydrogens (tertiary/aromatic N) is 7. The second-order valence-corrected chi connectivity index (χ2v) is 8.67. The minimum atomic E-state index is -0.687. The van der Waals surface area contributed by atoms with Crippen molar-refractivity contribution in [1.29, 1.82) is 0 Å². The average Bonchev–Trinajstić information content (AvgIpc) is 3.57. The summed E-state index contributed by atoms with van der Waals surface area (Å²) in [5, 5.41) is 13.1. The van der Waals surface area contributed by atoms with E-state index in [1.165, 1.54) is 22.0 Å². The summed E-state index contributed by atoms with van der Waals surface area (Å²) in [4.78, 5) is 59.3. The fourth-order valence-corrected chi connectivity index (χ4v) is 4.48. The average molecular weight is 485 g/mol. The first-order valence-corrected chi connectivity index (χ1v) is 11.2. The topological polar surface area (TPSA) is 157 Å². The zero-order valence-electron chi connectivity index (χ0n) is 19.0. The highest BCUT2D eigenvalue weighted by atomic mass is 16.2. The van der Waals surface area contributed by atoms with Gasteiger partial charge in [0.2, 0.25) is 11.8 Å². The Morgan fingerprint density at radius 1 is 1.17 bits per heavy atom. The summed E-state index contributed by atoms with van der Waals surface area (Å²) in [6, 6.07) is 6.16. The third kappa shape index (κ3) is 3.57. The van der Waals surface area contributed by atoms with Crippen LogP contribution in [-0.2, 0) is 23.2 Å². The van der Waals surface area contributed by atoms with E-state index in [1.54, 1.807) is 35.2 Å². The maximum absolute atomic E-state index is 12.9. The third-order valence-electron chi connectivity index (χ3n) is 6.31. The second-order valence-electron chi connectivity index (χ2n) is 8.67. The molecule has 13 nitrogen and oxygen atoms in total. The summed E-state index contributed by atoms with van der Waals surface area (Å²) in [7, 11) is 1.83. The van der Waals surface area contributed by atoms with Gasteiger partial charge in [-0.1, -0.05) is 5.21 Å². The largest absolute Gasteiger partial charge is 0.322 e. The lowest BCUT2D eigenvalue weighted by molar-refractivity contribution is -0.136. The van der Waals surface area contributed by atoms with Gasteiger partial charge < -0.3 is 14.8 Å². The van der Waals surface area contributed by atoms with Crippen molar-refractivity contribution in [2.24, 2.45) is 7.05 Å². The van der Waals surface area contributed by atoms with E-state index in [1.807, 2.05) is 7.05 Å². The summed E-state index contributed by atoms with van der Waals surface area (Å²) in [6.45, 7) is 0.235. The Hall–Kier alpha value is -4.94.